The molecule has 1 fully saturated rings. The third kappa shape index (κ3) is 4.50. The lowest BCUT2D eigenvalue weighted by Gasteiger charge is -2.25. The molecule has 0 spiro atoms. The molecule has 1 aliphatic rings. The Hall–Kier alpha value is -2.83. The van der Waals surface area contributed by atoms with Gasteiger partial charge in [-0.1, -0.05) is 35.9 Å². The van der Waals surface area contributed by atoms with E-state index in [0.29, 0.717) is 21.9 Å². The summed E-state index contributed by atoms with van der Waals surface area (Å²) in [4.78, 5) is 27.1. The second-order valence-electron chi connectivity index (χ2n) is 7.23. The van der Waals surface area contributed by atoms with Gasteiger partial charge in [-0.05, 0) is 43.7 Å². The largest absolute Gasteiger partial charge is 0.507 e. The molecule has 1 unspecified atom stereocenters. The van der Waals surface area contributed by atoms with Crippen molar-refractivity contribution in [3.05, 3.63) is 70.3 Å². The number of hydrogen-bond donors (Lipinski definition) is 1. The summed E-state index contributed by atoms with van der Waals surface area (Å²) in [7, 11) is 1.52. The number of carbonyl (C=O) groups is 2. The summed E-state index contributed by atoms with van der Waals surface area (Å²) in [5, 5.41) is 11.4. The molecule has 1 N–H and O–H groups in total. The van der Waals surface area contributed by atoms with Gasteiger partial charge in [-0.3, -0.25) is 9.59 Å². The van der Waals surface area contributed by atoms with Gasteiger partial charge >= 0.3 is 0 Å². The van der Waals surface area contributed by atoms with Crippen molar-refractivity contribution in [2.75, 3.05) is 20.3 Å². The topological polar surface area (TPSA) is 76.1 Å². The van der Waals surface area contributed by atoms with Gasteiger partial charge in [0.15, 0.2) is 0 Å². The molecule has 1 aliphatic heterocycles. The number of benzene rings is 2. The number of halogens is 1. The average Bonchev–Trinajstić information content (AvgIpc) is 2.96. The summed E-state index contributed by atoms with van der Waals surface area (Å²) in [5.74, 6) is -1.09. The lowest BCUT2D eigenvalue weighted by Crippen LogP contribution is -2.32. The number of ketones is 1. The number of aliphatic hydroxyl groups excluding tert-OH is 1. The van der Waals surface area contributed by atoms with E-state index < -0.39 is 17.7 Å². The number of likely N-dealkylation sites (tertiary alicyclic amines) is 1. The molecule has 7 heteroatoms. The maximum absolute atomic E-state index is 12.9. The molecule has 158 valence electrons. The molecule has 0 aliphatic carbocycles. The van der Waals surface area contributed by atoms with Crippen LogP contribution in [-0.2, 0) is 14.3 Å². The second-order valence-corrected chi connectivity index (χ2v) is 7.67. The van der Waals surface area contributed by atoms with Gasteiger partial charge in [0.05, 0.1) is 24.3 Å². The van der Waals surface area contributed by atoms with Crippen molar-refractivity contribution in [3.8, 4) is 5.75 Å². The molecule has 0 radical (unpaired) electrons. The zero-order valence-corrected chi connectivity index (χ0v) is 17.8. The Labute approximate surface area is 180 Å². The van der Waals surface area contributed by atoms with Crippen LogP contribution in [0.25, 0.3) is 5.76 Å². The maximum Gasteiger partial charge on any atom is 0.295 e. The molecule has 1 atom stereocenters. The summed E-state index contributed by atoms with van der Waals surface area (Å²) in [6, 6.07) is 12.9. The maximum atomic E-state index is 12.9. The second kappa shape index (κ2) is 9.32. The Kier molecular flexibility index (Phi) is 6.80. The van der Waals surface area contributed by atoms with Gasteiger partial charge in [-0.25, -0.2) is 0 Å². The Bertz CT molecular complexity index is 985. The molecule has 6 nitrogen and oxygen atoms in total. The Morgan fingerprint density at radius 3 is 2.57 bits per heavy atom. The van der Waals surface area contributed by atoms with Gasteiger partial charge in [0.2, 0.25) is 0 Å². The van der Waals surface area contributed by atoms with Crippen LogP contribution in [0.3, 0.4) is 0 Å². The summed E-state index contributed by atoms with van der Waals surface area (Å²) < 4.78 is 10.9. The van der Waals surface area contributed by atoms with Crippen LogP contribution in [0, 0.1) is 0 Å². The fourth-order valence-electron chi connectivity index (χ4n) is 3.47. The third-order valence-electron chi connectivity index (χ3n) is 4.72. The quantitative estimate of drug-likeness (QED) is 0.405. The molecular weight excluding hydrogens is 406 g/mol. The third-order valence-corrected chi connectivity index (χ3v) is 4.96. The van der Waals surface area contributed by atoms with Crippen molar-refractivity contribution in [1.29, 1.82) is 0 Å². The first-order chi connectivity index (χ1) is 14.3. The van der Waals surface area contributed by atoms with E-state index in [1.807, 2.05) is 19.9 Å². The minimum absolute atomic E-state index is 0.0140. The fraction of sp³-hybridized carbons (Fsp3) is 0.304. The average molecular weight is 430 g/mol. The van der Waals surface area contributed by atoms with E-state index in [4.69, 9.17) is 21.1 Å². The van der Waals surface area contributed by atoms with Crippen molar-refractivity contribution in [2.24, 2.45) is 0 Å². The van der Waals surface area contributed by atoms with Crippen molar-refractivity contribution in [3.63, 3.8) is 0 Å². The SMILES string of the molecule is COCCN1C(=O)C(=O)/C(=C(\O)c2cccc(Cl)c2)C1c1cccc(OC(C)C)c1. The van der Waals surface area contributed by atoms with Gasteiger partial charge < -0.3 is 19.5 Å². The predicted octanol–water partition coefficient (Wildman–Crippen LogP) is 4.20. The number of ether oxygens (including phenoxy) is 2. The van der Waals surface area contributed by atoms with E-state index in [-0.39, 0.29) is 30.6 Å². The van der Waals surface area contributed by atoms with Crippen LogP contribution in [0.1, 0.15) is 31.0 Å². The fourth-order valence-corrected chi connectivity index (χ4v) is 3.66. The van der Waals surface area contributed by atoms with Gasteiger partial charge in [0.1, 0.15) is 11.5 Å². The number of amides is 1. The summed E-state index contributed by atoms with van der Waals surface area (Å²) in [5.41, 5.74) is 1.04. The van der Waals surface area contributed by atoms with Crippen LogP contribution in [0.5, 0.6) is 5.75 Å². The number of nitrogens with zero attached hydrogens (tertiary/aromatic N) is 1. The first kappa shape index (κ1) is 21.9. The Balaban J connectivity index is 2.15. The monoisotopic (exact) mass is 429 g/mol. The van der Waals surface area contributed by atoms with Gasteiger partial charge in [0, 0.05) is 24.2 Å². The highest BCUT2D eigenvalue weighted by Crippen LogP contribution is 2.40. The molecule has 0 saturated carbocycles. The normalized spacial score (nSPS) is 18.3. The highest BCUT2D eigenvalue weighted by Gasteiger charge is 2.46. The zero-order valence-electron chi connectivity index (χ0n) is 17.1. The highest BCUT2D eigenvalue weighted by molar-refractivity contribution is 6.46. The number of hydrogen-bond acceptors (Lipinski definition) is 5. The van der Waals surface area contributed by atoms with E-state index in [1.54, 1.807) is 42.5 Å². The number of aliphatic hydroxyl groups is 1. The first-order valence-corrected chi connectivity index (χ1v) is 10.0. The minimum Gasteiger partial charge on any atom is -0.507 e. The predicted molar refractivity (Wildman–Crippen MR) is 115 cm³/mol. The molecule has 2 aromatic carbocycles. The van der Waals surface area contributed by atoms with Crippen molar-refractivity contribution < 1.29 is 24.2 Å². The lowest BCUT2D eigenvalue weighted by atomic mass is 9.95. The van der Waals surface area contributed by atoms with Crippen LogP contribution < -0.4 is 4.74 Å². The van der Waals surface area contributed by atoms with Crippen LogP contribution >= 0.6 is 11.6 Å². The molecule has 30 heavy (non-hydrogen) atoms. The lowest BCUT2D eigenvalue weighted by molar-refractivity contribution is -0.140. The van der Waals surface area contributed by atoms with Gasteiger partial charge in [0.25, 0.3) is 11.7 Å². The number of methoxy groups -OCH3 is 1. The van der Waals surface area contributed by atoms with E-state index in [1.165, 1.54) is 12.0 Å². The molecule has 1 heterocycles. The van der Waals surface area contributed by atoms with E-state index in [9.17, 15) is 14.7 Å². The van der Waals surface area contributed by atoms with Crippen molar-refractivity contribution in [2.45, 2.75) is 26.0 Å². The number of carbonyl (C=O) groups excluding carboxylic acids is 2. The van der Waals surface area contributed by atoms with Crippen LogP contribution in [0.15, 0.2) is 54.1 Å². The van der Waals surface area contributed by atoms with Crippen LogP contribution in [0.4, 0.5) is 0 Å². The van der Waals surface area contributed by atoms with Gasteiger partial charge in [-0.15, -0.1) is 0 Å². The molecule has 2 aromatic rings. The summed E-state index contributed by atoms with van der Waals surface area (Å²) >= 11 is 6.05. The van der Waals surface area contributed by atoms with Crippen molar-refractivity contribution >= 4 is 29.1 Å². The van der Waals surface area contributed by atoms with E-state index >= 15 is 0 Å². The van der Waals surface area contributed by atoms with E-state index in [2.05, 4.69) is 0 Å². The molecular formula is C23H24ClNO5. The standard InChI is InChI=1S/C23H24ClNO5/c1-14(2)30-18-9-5-6-15(13-18)20-19(21(26)16-7-4-8-17(24)12-16)22(27)23(28)25(20)10-11-29-3/h4-9,12-14,20,26H,10-11H2,1-3H3/b21-19-. The first-order valence-electron chi connectivity index (χ1n) is 9.63. The Morgan fingerprint density at radius 1 is 1.17 bits per heavy atom. The molecule has 3 rings (SSSR count). The molecule has 0 bridgehead atoms. The minimum atomic E-state index is -0.769. The highest BCUT2D eigenvalue weighted by atomic mass is 35.5. The van der Waals surface area contributed by atoms with Crippen molar-refractivity contribution in [1.82, 2.24) is 4.90 Å². The summed E-state index contributed by atoms with van der Waals surface area (Å²) in [6.45, 7) is 4.28. The Morgan fingerprint density at radius 2 is 1.90 bits per heavy atom. The summed E-state index contributed by atoms with van der Waals surface area (Å²) in [6.07, 6.45) is -0.0356. The zero-order chi connectivity index (χ0) is 21.8. The van der Waals surface area contributed by atoms with Crippen LogP contribution in [0.2, 0.25) is 5.02 Å². The van der Waals surface area contributed by atoms with Gasteiger partial charge in [-0.2, -0.15) is 0 Å². The number of rotatable bonds is 7. The van der Waals surface area contributed by atoms with E-state index in [0.717, 1.165) is 0 Å². The molecule has 1 saturated heterocycles. The molecule has 1 amide bonds. The number of Topliss-reactive ketones (excluding diaryl/α,β-unsaturated/α-hetero) is 1. The van der Waals surface area contributed by atoms with Crippen LogP contribution in [-0.4, -0.2) is 48.1 Å². The smallest absolute Gasteiger partial charge is 0.295 e. The molecule has 0 aromatic heterocycles.